The molecule has 0 heterocycles. The molecule has 0 aromatic carbocycles. The molecule has 0 saturated carbocycles. The Kier molecular flexibility index (Phi) is 9.97. The van der Waals surface area contributed by atoms with Gasteiger partial charge in [0.15, 0.2) is 0 Å². The van der Waals surface area contributed by atoms with Crippen LogP contribution in [0, 0.1) is 0 Å². The van der Waals surface area contributed by atoms with Crippen molar-refractivity contribution < 1.29 is 48.0 Å². The van der Waals surface area contributed by atoms with Crippen molar-refractivity contribution in [3.8, 4) is 0 Å². The topological polar surface area (TPSA) is 0 Å². The first-order chi connectivity index (χ1) is 4.29. The van der Waals surface area contributed by atoms with Crippen LogP contribution in [-0.4, -0.2) is 0 Å². The fourth-order valence-corrected chi connectivity index (χ4v) is 3.91. The van der Waals surface area contributed by atoms with Crippen LogP contribution in [0.4, 0.5) is 0 Å². The van der Waals surface area contributed by atoms with Crippen LogP contribution in [0.5, 0.6) is 0 Å². The van der Waals surface area contributed by atoms with E-state index in [0.29, 0.717) is 0 Å². The molecule has 0 radical (unpaired) electrons. The molecule has 1 rings (SSSR count). The number of allylic oxidation sites excluding steroid dienone is 4. The minimum absolute atomic E-state index is 0. The van der Waals surface area contributed by atoms with Gasteiger partial charge in [0.1, 0.15) is 0 Å². The molecule has 0 N–H and O–H groups in total. The van der Waals surface area contributed by atoms with E-state index in [1.807, 2.05) is 0 Å². The quantitative estimate of drug-likeness (QED) is 0.496. The van der Waals surface area contributed by atoms with Crippen LogP contribution in [0.15, 0.2) is 24.3 Å². The largest absolute Gasteiger partial charge is 1.00 e. The predicted molar refractivity (Wildman–Crippen MR) is 37.1 cm³/mol. The summed E-state index contributed by atoms with van der Waals surface area (Å²) in [6, 6.07) is 0. The zero-order valence-corrected chi connectivity index (χ0v) is 10.7. The Labute approximate surface area is 92.9 Å². The summed E-state index contributed by atoms with van der Waals surface area (Å²) in [5, 5.41) is 0. The van der Waals surface area contributed by atoms with E-state index < -0.39 is 0 Å². The van der Waals surface area contributed by atoms with Gasteiger partial charge in [-0.25, -0.2) is 0 Å². The third kappa shape index (κ3) is 6.14. The molecule has 0 saturated heterocycles. The van der Waals surface area contributed by atoms with Gasteiger partial charge in [-0.3, -0.25) is 0 Å². The molecule has 0 amide bonds. The third-order valence-corrected chi connectivity index (χ3v) is 4.80. The van der Waals surface area contributed by atoms with E-state index in [4.69, 9.17) is 0 Å². The number of halogens is 2. The standard InChI is InChI=1S/C5H5.C3H7.2ClH.Zr/c1-2-4-5-3-1;1-3-2;;;/h1-5H;3H,1-2H3;2*1H;/q;;;;+2/p-2. The van der Waals surface area contributed by atoms with Crippen LogP contribution in [0.3, 0.4) is 0 Å². The summed E-state index contributed by atoms with van der Waals surface area (Å²) in [6.07, 6.45) is 9.03. The Bertz CT molecular complexity index is 129. The van der Waals surface area contributed by atoms with Gasteiger partial charge in [-0.1, -0.05) is 0 Å². The molecule has 0 spiro atoms. The Morgan fingerprint density at radius 2 is 1.55 bits per heavy atom. The van der Waals surface area contributed by atoms with E-state index in [1.165, 1.54) is 0 Å². The van der Waals surface area contributed by atoms with E-state index >= 15 is 0 Å². The predicted octanol–water partition coefficient (Wildman–Crippen LogP) is -3.18. The smallest absolute Gasteiger partial charge is 1.00 e. The van der Waals surface area contributed by atoms with Gasteiger partial charge < -0.3 is 24.8 Å². The fraction of sp³-hybridized carbons (Fsp3) is 0.500. The first kappa shape index (κ1) is 14.5. The van der Waals surface area contributed by atoms with E-state index in [9.17, 15) is 0 Å². The van der Waals surface area contributed by atoms with Crippen molar-refractivity contribution in [1.82, 2.24) is 0 Å². The second-order valence-corrected chi connectivity index (χ2v) is 7.91. The van der Waals surface area contributed by atoms with Gasteiger partial charge in [-0.15, -0.1) is 0 Å². The monoisotopic (exact) mass is 268 g/mol. The van der Waals surface area contributed by atoms with Crippen molar-refractivity contribution in [2.75, 3.05) is 0 Å². The van der Waals surface area contributed by atoms with E-state index in [1.54, 1.807) is 0 Å². The van der Waals surface area contributed by atoms with E-state index in [-0.39, 0.29) is 48.0 Å². The average Bonchev–Trinajstić information content (AvgIpc) is 2.15. The Balaban J connectivity index is 0. The molecule has 0 fully saturated rings. The van der Waals surface area contributed by atoms with Crippen LogP contribution < -0.4 is 24.8 Å². The van der Waals surface area contributed by atoms with Gasteiger partial charge in [0.05, 0.1) is 0 Å². The fourth-order valence-electron chi connectivity index (χ4n) is 0.928. The molecule has 62 valence electrons. The first-order valence-electron chi connectivity index (χ1n) is 3.40. The summed E-state index contributed by atoms with van der Waals surface area (Å²) in [4.78, 5) is 0. The maximum absolute atomic E-state index is 2.34. The summed E-state index contributed by atoms with van der Waals surface area (Å²) in [5.74, 6) is 0. The Morgan fingerprint density at radius 1 is 1.09 bits per heavy atom. The summed E-state index contributed by atoms with van der Waals surface area (Å²) in [5.41, 5.74) is 0. The number of rotatable bonds is 2. The van der Waals surface area contributed by atoms with Crippen molar-refractivity contribution in [2.24, 2.45) is 0 Å². The zero-order chi connectivity index (χ0) is 6.69. The molecule has 11 heavy (non-hydrogen) atoms. The van der Waals surface area contributed by atoms with Crippen molar-refractivity contribution in [3.63, 3.8) is 0 Å². The molecule has 0 nitrogen and oxygen atoms in total. The first-order valence-corrected chi connectivity index (χ1v) is 6.24. The van der Waals surface area contributed by atoms with Crippen LogP contribution in [0.1, 0.15) is 13.8 Å². The van der Waals surface area contributed by atoms with Crippen molar-refractivity contribution in [1.29, 1.82) is 0 Å². The minimum Gasteiger partial charge on any atom is -1.00 e. The maximum Gasteiger partial charge on any atom is -1.00 e. The molecule has 0 aliphatic heterocycles. The summed E-state index contributed by atoms with van der Waals surface area (Å²) in [7, 11) is 0. The molecular formula is C8H12Cl2Zr. The average molecular weight is 270 g/mol. The Morgan fingerprint density at radius 3 is 1.91 bits per heavy atom. The summed E-state index contributed by atoms with van der Waals surface area (Å²) in [6.45, 7) is 4.68. The summed E-state index contributed by atoms with van der Waals surface area (Å²) >= 11 is -0.109. The van der Waals surface area contributed by atoms with Crippen LogP contribution in [-0.2, 0) is 23.2 Å². The van der Waals surface area contributed by atoms with Crippen LogP contribution in [0.25, 0.3) is 0 Å². The maximum atomic E-state index is 2.34. The zero-order valence-electron chi connectivity index (χ0n) is 6.72. The van der Waals surface area contributed by atoms with Gasteiger partial charge >= 0.3 is 68.6 Å². The Hall–Kier alpha value is 0.943. The molecular weight excluding hydrogens is 258 g/mol. The molecule has 0 bridgehead atoms. The molecule has 0 aromatic heterocycles. The van der Waals surface area contributed by atoms with Gasteiger partial charge in [0.25, 0.3) is 0 Å². The van der Waals surface area contributed by atoms with Crippen molar-refractivity contribution in [3.05, 3.63) is 24.3 Å². The van der Waals surface area contributed by atoms with Crippen molar-refractivity contribution >= 4 is 0 Å². The van der Waals surface area contributed by atoms with Gasteiger partial charge in [-0.05, 0) is 0 Å². The normalized spacial score (nSPS) is 14.1. The second kappa shape index (κ2) is 7.58. The molecule has 1 aliphatic rings. The molecule has 1 aliphatic carbocycles. The van der Waals surface area contributed by atoms with E-state index in [0.717, 1.165) is 7.25 Å². The van der Waals surface area contributed by atoms with Crippen molar-refractivity contribution in [2.45, 2.75) is 21.1 Å². The summed E-state index contributed by atoms with van der Waals surface area (Å²) < 4.78 is 1.89. The SMILES string of the molecule is C[CH](C)[Zr+2][CH]1C=CC=C1.[Cl-].[Cl-]. The number of hydrogen-bond donors (Lipinski definition) is 0. The van der Waals surface area contributed by atoms with Crippen LogP contribution >= 0.6 is 0 Å². The molecule has 0 aromatic rings. The van der Waals surface area contributed by atoms with E-state index in [2.05, 4.69) is 38.2 Å². The van der Waals surface area contributed by atoms with Gasteiger partial charge in [-0.2, -0.15) is 0 Å². The second-order valence-electron chi connectivity index (χ2n) is 2.62. The van der Waals surface area contributed by atoms with Crippen LogP contribution in [0.2, 0.25) is 7.25 Å². The van der Waals surface area contributed by atoms with Gasteiger partial charge in [0, 0.05) is 0 Å². The molecule has 0 unspecified atom stereocenters. The molecule has 0 atom stereocenters. The third-order valence-electron chi connectivity index (χ3n) is 1.27. The molecule has 3 heteroatoms. The van der Waals surface area contributed by atoms with Gasteiger partial charge in [0.2, 0.25) is 0 Å². The number of hydrogen-bond acceptors (Lipinski definition) is 0. The minimum atomic E-state index is -0.109.